The Morgan fingerprint density at radius 2 is 1.89 bits per heavy atom. The van der Waals surface area contributed by atoms with Crippen LogP contribution in [0.2, 0.25) is 0 Å². The Morgan fingerprint density at radius 3 is 2.47 bits per heavy atom. The summed E-state index contributed by atoms with van der Waals surface area (Å²) in [5.41, 5.74) is 0.585. The van der Waals surface area contributed by atoms with E-state index >= 15 is 0 Å². The van der Waals surface area contributed by atoms with E-state index in [1.165, 1.54) is 14.0 Å². The number of benzene rings is 1. The summed E-state index contributed by atoms with van der Waals surface area (Å²) in [4.78, 5) is 22.7. The number of hydrogen-bond donors (Lipinski definition) is 3. The quantitative estimate of drug-likeness (QED) is 0.757. The maximum atomic E-state index is 11.6. The van der Waals surface area contributed by atoms with Crippen LogP contribution in [0.3, 0.4) is 0 Å². The van der Waals surface area contributed by atoms with Gasteiger partial charge in [0.05, 0.1) is 6.10 Å². The summed E-state index contributed by atoms with van der Waals surface area (Å²) in [5.74, 6) is -0.142. The van der Waals surface area contributed by atoms with Gasteiger partial charge < -0.3 is 15.2 Å². The van der Waals surface area contributed by atoms with Crippen LogP contribution in [0.4, 0.5) is 4.79 Å². The zero-order chi connectivity index (χ0) is 14.4. The molecule has 104 valence electrons. The van der Waals surface area contributed by atoms with Crippen molar-refractivity contribution in [2.45, 2.75) is 26.1 Å². The molecule has 1 rings (SSSR count). The van der Waals surface area contributed by atoms with Crippen LogP contribution in [-0.2, 0) is 4.79 Å². The van der Waals surface area contributed by atoms with Crippen LogP contribution in [0.1, 0.15) is 25.5 Å². The predicted molar refractivity (Wildman–Crippen MR) is 69.8 cm³/mol. The fourth-order valence-corrected chi connectivity index (χ4v) is 1.45. The number of imide groups is 1. The fraction of sp³-hybridized carbons (Fsp3) is 0.385. The number of carbonyl (C=O) groups is 2. The normalized spacial score (nSPS) is 13.3. The molecule has 3 amide bonds. The molecule has 0 spiro atoms. The second-order valence-corrected chi connectivity index (χ2v) is 4.04. The van der Waals surface area contributed by atoms with Crippen molar-refractivity contribution in [3.8, 4) is 5.75 Å². The number of para-hydroxylation sites is 1. The van der Waals surface area contributed by atoms with Crippen LogP contribution in [0, 0.1) is 0 Å². The molecule has 0 heterocycles. The third kappa shape index (κ3) is 4.26. The third-order valence-electron chi connectivity index (χ3n) is 2.51. The number of aliphatic hydroxyl groups excluding tert-OH is 1. The lowest BCUT2D eigenvalue weighted by molar-refractivity contribution is -0.126. The van der Waals surface area contributed by atoms with Crippen LogP contribution in [0.25, 0.3) is 0 Å². The first kappa shape index (κ1) is 15.0. The van der Waals surface area contributed by atoms with Gasteiger partial charge in [-0.1, -0.05) is 18.2 Å². The van der Waals surface area contributed by atoms with Crippen molar-refractivity contribution in [1.29, 1.82) is 0 Å². The van der Waals surface area contributed by atoms with Gasteiger partial charge in [0, 0.05) is 12.6 Å². The number of aliphatic hydroxyl groups is 1. The Hall–Kier alpha value is -2.08. The highest BCUT2D eigenvalue weighted by molar-refractivity contribution is 5.96. The second kappa shape index (κ2) is 6.75. The smallest absolute Gasteiger partial charge is 0.321 e. The molecule has 1 unspecified atom stereocenters. The minimum atomic E-state index is -0.850. The molecule has 3 N–H and O–H groups in total. The first-order valence-electron chi connectivity index (χ1n) is 5.92. The molecule has 0 aliphatic rings. The molecular formula is C13H18N2O4. The summed E-state index contributed by atoms with van der Waals surface area (Å²) in [7, 11) is 1.41. The summed E-state index contributed by atoms with van der Waals surface area (Å²) in [6, 6.07) is 6.29. The molecule has 0 radical (unpaired) electrons. The van der Waals surface area contributed by atoms with Crippen molar-refractivity contribution in [2.24, 2.45) is 0 Å². The van der Waals surface area contributed by atoms with E-state index in [0.29, 0.717) is 11.3 Å². The highest BCUT2D eigenvalue weighted by Gasteiger charge is 2.19. The summed E-state index contributed by atoms with van der Waals surface area (Å²) in [5, 5.41) is 14.0. The Labute approximate surface area is 111 Å². The van der Waals surface area contributed by atoms with E-state index < -0.39 is 24.1 Å². The van der Waals surface area contributed by atoms with Crippen molar-refractivity contribution >= 4 is 11.9 Å². The molecule has 19 heavy (non-hydrogen) atoms. The number of rotatable bonds is 4. The van der Waals surface area contributed by atoms with Gasteiger partial charge >= 0.3 is 6.03 Å². The Bertz CT molecular complexity index is 460. The zero-order valence-electron chi connectivity index (χ0n) is 11.1. The SMILES string of the molecule is CNC(=O)NC(=O)C(C)Oc1ccccc1[C@@H](C)O. The lowest BCUT2D eigenvalue weighted by Crippen LogP contribution is -2.44. The van der Waals surface area contributed by atoms with E-state index in [0.717, 1.165) is 0 Å². The maximum Gasteiger partial charge on any atom is 0.321 e. The minimum absolute atomic E-state index is 0.414. The first-order chi connectivity index (χ1) is 8.95. The van der Waals surface area contributed by atoms with Gasteiger partial charge in [0.15, 0.2) is 6.10 Å². The molecule has 0 aliphatic carbocycles. The Balaban J connectivity index is 2.74. The van der Waals surface area contributed by atoms with Gasteiger partial charge in [0.1, 0.15) is 5.75 Å². The molecule has 1 aromatic carbocycles. The highest BCUT2D eigenvalue weighted by atomic mass is 16.5. The second-order valence-electron chi connectivity index (χ2n) is 4.04. The van der Waals surface area contributed by atoms with Gasteiger partial charge in [-0.15, -0.1) is 0 Å². The molecule has 6 nitrogen and oxygen atoms in total. The van der Waals surface area contributed by atoms with Gasteiger partial charge in [-0.25, -0.2) is 4.79 Å². The summed E-state index contributed by atoms with van der Waals surface area (Å²) >= 11 is 0. The highest BCUT2D eigenvalue weighted by Crippen LogP contribution is 2.25. The van der Waals surface area contributed by atoms with Gasteiger partial charge in [-0.05, 0) is 19.9 Å². The number of amides is 3. The molecule has 0 saturated heterocycles. The standard InChI is InChI=1S/C13H18N2O4/c1-8(16)10-6-4-5-7-11(10)19-9(2)12(17)15-13(18)14-3/h4-9,16H,1-3H3,(H2,14,15,17,18)/t8-,9?/m1/s1. The molecule has 0 aliphatic heterocycles. The minimum Gasteiger partial charge on any atom is -0.481 e. The molecule has 0 fully saturated rings. The molecule has 2 atom stereocenters. The lowest BCUT2D eigenvalue weighted by Gasteiger charge is -2.17. The summed E-state index contributed by atoms with van der Waals surface area (Å²) in [6.45, 7) is 3.13. The molecular weight excluding hydrogens is 248 g/mol. The van der Waals surface area contributed by atoms with E-state index in [4.69, 9.17) is 4.74 Å². The van der Waals surface area contributed by atoms with E-state index in [2.05, 4.69) is 10.6 Å². The van der Waals surface area contributed by atoms with Gasteiger partial charge in [0.25, 0.3) is 5.91 Å². The van der Waals surface area contributed by atoms with Crippen LogP contribution in [-0.4, -0.2) is 30.2 Å². The number of hydrogen-bond acceptors (Lipinski definition) is 4. The lowest BCUT2D eigenvalue weighted by atomic mass is 10.1. The first-order valence-corrected chi connectivity index (χ1v) is 5.92. The van der Waals surface area contributed by atoms with E-state index in [-0.39, 0.29) is 0 Å². The van der Waals surface area contributed by atoms with Crippen molar-refractivity contribution in [3.05, 3.63) is 29.8 Å². The predicted octanol–water partition coefficient (Wildman–Crippen LogP) is 0.963. The molecule has 0 aromatic heterocycles. The van der Waals surface area contributed by atoms with Crippen LogP contribution >= 0.6 is 0 Å². The van der Waals surface area contributed by atoms with E-state index in [1.807, 2.05) is 0 Å². The van der Waals surface area contributed by atoms with Crippen molar-refractivity contribution in [1.82, 2.24) is 10.6 Å². The molecule has 6 heteroatoms. The number of ether oxygens (including phenoxy) is 1. The average molecular weight is 266 g/mol. The van der Waals surface area contributed by atoms with Crippen molar-refractivity contribution in [2.75, 3.05) is 7.05 Å². The summed E-state index contributed by atoms with van der Waals surface area (Å²) in [6.07, 6.45) is -1.55. The van der Waals surface area contributed by atoms with Crippen LogP contribution in [0.5, 0.6) is 5.75 Å². The largest absolute Gasteiger partial charge is 0.481 e. The van der Waals surface area contributed by atoms with E-state index in [1.54, 1.807) is 31.2 Å². The van der Waals surface area contributed by atoms with Crippen LogP contribution in [0.15, 0.2) is 24.3 Å². The summed E-state index contributed by atoms with van der Waals surface area (Å²) < 4.78 is 5.46. The monoisotopic (exact) mass is 266 g/mol. The zero-order valence-corrected chi connectivity index (χ0v) is 11.1. The topological polar surface area (TPSA) is 87.7 Å². The molecule has 0 saturated carbocycles. The Kier molecular flexibility index (Phi) is 5.32. The van der Waals surface area contributed by atoms with Crippen molar-refractivity contribution in [3.63, 3.8) is 0 Å². The third-order valence-corrected chi connectivity index (χ3v) is 2.51. The van der Waals surface area contributed by atoms with Gasteiger partial charge in [0.2, 0.25) is 0 Å². The van der Waals surface area contributed by atoms with E-state index in [9.17, 15) is 14.7 Å². The van der Waals surface area contributed by atoms with Gasteiger partial charge in [-0.3, -0.25) is 10.1 Å². The van der Waals surface area contributed by atoms with Gasteiger partial charge in [-0.2, -0.15) is 0 Å². The molecule has 1 aromatic rings. The molecule has 0 bridgehead atoms. The Morgan fingerprint density at radius 1 is 1.26 bits per heavy atom. The number of nitrogens with one attached hydrogen (secondary N) is 2. The average Bonchev–Trinajstić information content (AvgIpc) is 2.38. The van der Waals surface area contributed by atoms with Crippen LogP contribution < -0.4 is 15.4 Å². The fourth-order valence-electron chi connectivity index (χ4n) is 1.45. The number of urea groups is 1. The number of carbonyl (C=O) groups excluding carboxylic acids is 2. The maximum absolute atomic E-state index is 11.6. The van der Waals surface area contributed by atoms with Crippen molar-refractivity contribution < 1.29 is 19.4 Å².